The number of hydrogen-bond donors (Lipinski definition) is 3. The molecule has 4 nitrogen and oxygen atoms in total. The lowest BCUT2D eigenvalue weighted by atomic mass is 10.1. The number of thiophene rings is 1. The highest BCUT2D eigenvalue weighted by atomic mass is 35.5. The number of ether oxygens (including phenoxy) is 1. The van der Waals surface area contributed by atoms with E-state index in [0.717, 1.165) is 32.0 Å². The summed E-state index contributed by atoms with van der Waals surface area (Å²) in [7, 11) is 0. The summed E-state index contributed by atoms with van der Waals surface area (Å²) in [5.74, 6) is 0. The number of thiocarbonyl (C=S) groups is 1. The predicted octanol–water partition coefficient (Wildman–Crippen LogP) is 2.73. The number of benzene rings is 1. The van der Waals surface area contributed by atoms with Gasteiger partial charge in [0.2, 0.25) is 0 Å². The summed E-state index contributed by atoms with van der Waals surface area (Å²) in [5, 5.41) is 10.1. The second-order valence-corrected chi connectivity index (χ2v) is 7.99. The largest absolute Gasteiger partial charge is 0.370 e. The van der Waals surface area contributed by atoms with Gasteiger partial charge in [0.15, 0.2) is 5.11 Å². The van der Waals surface area contributed by atoms with Crippen LogP contribution in [0.15, 0.2) is 41.8 Å². The van der Waals surface area contributed by atoms with Crippen molar-refractivity contribution in [1.82, 2.24) is 5.32 Å². The zero-order valence-electron chi connectivity index (χ0n) is 14.1. The molecule has 2 aromatic rings. The van der Waals surface area contributed by atoms with Gasteiger partial charge < -0.3 is 20.3 Å². The molecule has 25 heavy (non-hydrogen) atoms. The highest BCUT2D eigenvalue weighted by Gasteiger charge is 2.32. The van der Waals surface area contributed by atoms with E-state index in [9.17, 15) is 0 Å². The van der Waals surface area contributed by atoms with Crippen LogP contribution in [0.4, 0.5) is 5.69 Å². The quantitative estimate of drug-likeness (QED) is 0.679. The third-order valence-corrected chi connectivity index (χ3v) is 5.78. The van der Waals surface area contributed by atoms with Crippen molar-refractivity contribution >= 4 is 46.0 Å². The van der Waals surface area contributed by atoms with Gasteiger partial charge in [0.1, 0.15) is 19.1 Å². The summed E-state index contributed by atoms with van der Waals surface area (Å²) in [4.78, 5) is 2.92. The molecule has 3 rings (SSSR count). The topological polar surface area (TPSA) is 37.7 Å². The molecule has 1 aliphatic rings. The Morgan fingerprint density at radius 3 is 2.76 bits per heavy atom. The minimum Gasteiger partial charge on any atom is -0.370 e. The van der Waals surface area contributed by atoms with E-state index in [2.05, 4.69) is 35.1 Å². The van der Waals surface area contributed by atoms with Crippen LogP contribution < -0.4 is 15.5 Å². The molecule has 1 aliphatic heterocycles. The first kappa shape index (κ1) is 18.6. The Bertz CT molecular complexity index is 689. The maximum Gasteiger partial charge on any atom is 0.171 e. The minimum atomic E-state index is 0.200. The van der Waals surface area contributed by atoms with Crippen LogP contribution in [0.25, 0.3) is 0 Å². The fraction of sp³-hybridized carbons (Fsp3) is 0.389. The fourth-order valence-electron chi connectivity index (χ4n) is 3.24. The SMILES string of the molecule is C[C@@H](NC(=S)Nc1cccc(Cl)c1)[C@@H](c1cccs1)[NH+]1CCOCC1. The molecule has 1 fully saturated rings. The molecule has 0 spiro atoms. The average Bonchev–Trinajstić information content (AvgIpc) is 3.10. The molecular formula is C18H23ClN3OS2+. The molecule has 2 heterocycles. The maximum atomic E-state index is 6.04. The van der Waals surface area contributed by atoms with Crippen molar-refractivity contribution in [2.45, 2.75) is 19.0 Å². The van der Waals surface area contributed by atoms with E-state index in [1.807, 2.05) is 24.3 Å². The molecule has 7 heteroatoms. The van der Waals surface area contributed by atoms with Crippen LogP contribution in [0.1, 0.15) is 17.8 Å². The number of anilines is 1. The third-order valence-electron chi connectivity index (χ3n) is 4.37. The highest BCUT2D eigenvalue weighted by molar-refractivity contribution is 7.80. The van der Waals surface area contributed by atoms with Crippen LogP contribution in [0.2, 0.25) is 5.02 Å². The van der Waals surface area contributed by atoms with Crippen LogP contribution in [0, 0.1) is 0 Å². The highest BCUT2D eigenvalue weighted by Crippen LogP contribution is 2.20. The first-order valence-corrected chi connectivity index (χ1v) is 10.1. The number of halogens is 1. The predicted molar refractivity (Wildman–Crippen MR) is 109 cm³/mol. The van der Waals surface area contributed by atoms with Gasteiger partial charge in [0.05, 0.1) is 24.1 Å². The van der Waals surface area contributed by atoms with Crippen molar-refractivity contribution in [2.24, 2.45) is 0 Å². The summed E-state index contributed by atoms with van der Waals surface area (Å²) in [6, 6.07) is 12.4. The molecule has 0 aliphatic carbocycles. The van der Waals surface area contributed by atoms with E-state index >= 15 is 0 Å². The monoisotopic (exact) mass is 396 g/mol. The Morgan fingerprint density at radius 2 is 2.08 bits per heavy atom. The van der Waals surface area contributed by atoms with Gasteiger partial charge >= 0.3 is 0 Å². The molecule has 0 radical (unpaired) electrons. The van der Waals surface area contributed by atoms with Crippen LogP contribution in [0.5, 0.6) is 0 Å². The molecule has 134 valence electrons. The molecule has 1 aromatic carbocycles. The molecule has 1 aromatic heterocycles. The zero-order valence-corrected chi connectivity index (χ0v) is 16.5. The van der Waals surface area contributed by atoms with Crippen LogP contribution >= 0.6 is 35.2 Å². The summed E-state index contributed by atoms with van der Waals surface area (Å²) in [6.45, 7) is 5.86. The summed E-state index contributed by atoms with van der Waals surface area (Å²) in [5.41, 5.74) is 0.892. The first-order valence-electron chi connectivity index (χ1n) is 8.42. The molecule has 2 atom stereocenters. The second kappa shape index (κ2) is 8.96. The van der Waals surface area contributed by atoms with E-state index < -0.39 is 0 Å². The Hall–Kier alpha value is -1.18. The van der Waals surface area contributed by atoms with Crippen molar-refractivity contribution in [1.29, 1.82) is 0 Å². The standard InChI is InChI=1S/C18H22ClN3OS2/c1-13(20-18(24)21-15-5-2-4-14(19)12-15)17(16-6-3-11-25-16)22-7-9-23-10-8-22/h2-6,11-13,17H,7-10H2,1H3,(H2,20,21,24)/p+1/t13-,17+/m1/s1. The zero-order chi connectivity index (χ0) is 17.6. The van der Waals surface area contributed by atoms with Crippen LogP contribution in [-0.2, 0) is 4.74 Å². The summed E-state index contributed by atoms with van der Waals surface area (Å²) < 4.78 is 5.53. The smallest absolute Gasteiger partial charge is 0.171 e. The van der Waals surface area contributed by atoms with Gasteiger partial charge in [-0.25, -0.2) is 0 Å². The Balaban J connectivity index is 1.67. The number of rotatable bonds is 5. The third kappa shape index (κ3) is 5.15. The number of hydrogen-bond acceptors (Lipinski definition) is 3. The molecule has 0 bridgehead atoms. The van der Waals surface area contributed by atoms with Crippen molar-refractivity contribution in [2.75, 3.05) is 31.6 Å². The van der Waals surface area contributed by atoms with Crippen LogP contribution in [-0.4, -0.2) is 37.5 Å². The van der Waals surface area contributed by atoms with Gasteiger partial charge in [0, 0.05) is 10.7 Å². The number of quaternary nitrogens is 1. The van der Waals surface area contributed by atoms with E-state index in [1.165, 1.54) is 4.88 Å². The van der Waals surface area contributed by atoms with Crippen molar-refractivity contribution < 1.29 is 9.64 Å². The molecule has 0 amide bonds. The van der Waals surface area contributed by atoms with Gasteiger partial charge in [-0.3, -0.25) is 0 Å². The Labute approximate surface area is 163 Å². The van der Waals surface area contributed by atoms with Crippen molar-refractivity contribution in [3.05, 3.63) is 51.7 Å². The van der Waals surface area contributed by atoms with Gasteiger partial charge in [-0.15, -0.1) is 11.3 Å². The lowest BCUT2D eigenvalue weighted by molar-refractivity contribution is -0.939. The van der Waals surface area contributed by atoms with Crippen LogP contribution in [0.3, 0.4) is 0 Å². The summed E-state index contributed by atoms with van der Waals surface area (Å²) >= 11 is 13.3. The second-order valence-electron chi connectivity index (χ2n) is 6.16. The normalized spacial score (nSPS) is 17.7. The van der Waals surface area contributed by atoms with E-state index in [4.69, 9.17) is 28.6 Å². The molecule has 0 unspecified atom stereocenters. The lowest BCUT2D eigenvalue weighted by Crippen LogP contribution is -3.15. The van der Waals surface area contributed by atoms with E-state index in [0.29, 0.717) is 16.2 Å². The van der Waals surface area contributed by atoms with Gasteiger partial charge in [0.25, 0.3) is 0 Å². The van der Waals surface area contributed by atoms with Gasteiger partial charge in [-0.1, -0.05) is 23.7 Å². The van der Waals surface area contributed by atoms with E-state index in [1.54, 1.807) is 16.2 Å². The number of nitrogens with one attached hydrogen (secondary N) is 3. The summed E-state index contributed by atoms with van der Waals surface area (Å²) in [6.07, 6.45) is 0. The molecule has 0 saturated carbocycles. The molecule has 3 N–H and O–H groups in total. The minimum absolute atomic E-state index is 0.200. The van der Waals surface area contributed by atoms with E-state index in [-0.39, 0.29) is 6.04 Å². The first-order chi connectivity index (χ1) is 12.1. The Morgan fingerprint density at radius 1 is 1.28 bits per heavy atom. The average molecular weight is 397 g/mol. The fourth-order valence-corrected chi connectivity index (χ4v) is 4.72. The van der Waals surface area contributed by atoms with Crippen molar-refractivity contribution in [3.63, 3.8) is 0 Å². The molecular weight excluding hydrogens is 374 g/mol. The maximum absolute atomic E-state index is 6.04. The van der Waals surface area contributed by atoms with Crippen molar-refractivity contribution in [3.8, 4) is 0 Å². The van der Waals surface area contributed by atoms with Gasteiger partial charge in [-0.05, 0) is 48.8 Å². The Kier molecular flexibility index (Phi) is 6.67. The molecule has 1 saturated heterocycles. The lowest BCUT2D eigenvalue weighted by Gasteiger charge is -2.35. The van der Waals surface area contributed by atoms with Gasteiger partial charge in [-0.2, -0.15) is 0 Å². The number of morpholine rings is 1.